The van der Waals surface area contributed by atoms with Crippen LogP contribution >= 0.6 is 0 Å². The molecular formula is C20H20N2O. The Labute approximate surface area is 136 Å². The van der Waals surface area contributed by atoms with Crippen LogP contribution in [0.1, 0.15) is 17.4 Å². The van der Waals surface area contributed by atoms with Gasteiger partial charge in [0, 0.05) is 36.7 Å². The van der Waals surface area contributed by atoms with Crippen LogP contribution in [0.4, 0.5) is 0 Å². The zero-order valence-corrected chi connectivity index (χ0v) is 13.0. The quantitative estimate of drug-likeness (QED) is 0.724. The molecule has 0 bridgehead atoms. The summed E-state index contributed by atoms with van der Waals surface area (Å²) in [4.78, 5) is 2.39. The summed E-state index contributed by atoms with van der Waals surface area (Å²) in [6.07, 6.45) is 4.32. The molecule has 3 heteroatoms. The van der Waals surface area contributed by atoms with Crippen molar-refractivity contribution in [1.29, 1.82) is 0 Å². The summed E-state index contributed by atoms with van der Waals surface area (Å²) in [6.45, 7) is 2.67. The first kappa shape index (κ1) is 14.2. The molecule has 0 radical (unpaired) electrons. The summed E-state index contributed by atoms with van der Waals surface area (Å²) < 4.78 is 8.14. The van der Waals surface area contributed by atoms with Gasteiger partial charge in [-0.1, -0.05) is 48.5 Å². The molecule has 0 N–H and O–H groups in total. The molecule has 4 rings (SSSR count). The number of aromatic nitrogens is 1. The lowest BCUT2D eigenvalue weighted by atomic mass is 10.2. The van der Waals surface area contributed by atoms with E-state index in [1.807, 2.05) is 6.07 Å². The minimum absolute atomic E-state index is 0.0418. The molecule has 0 saturated carbocycles. The van der Waals surface area contributed by atoms with Gasteiger partial charge in [0.25, 0.3) is 0 Å². The van der Waals surface area contributed by atoms with Crippen molar-refractivity contribution in [3.63, 3.8) is 0 Å². The van der Waals surface area contributed by atoms with Crippen molar-refractivity contribution in [2.45, 2.75) is 12.8 Å². The molecule has 0 aliphatic carbocycles. The van der Waals surface area contributed by atoms with Gasteiger partial charge in [0.1, 0.15) is 6.23 Å². The van der Waals surface area contributed by atoms with E-state index in [4.69, 9.17) is 4.74 Å². The smallest absolute Gasteiger partial charge is 0.138 e. The normalized spacial score (nSPS) is 18.3. The minimum atomic E-state index is 0.0418. The summed E-state index contributed by atoms with van der Waals surface area (Å²) in [5.74, 6) is 0. The van der Waals surface area contributed by atoms with Gasteiger partial charge in [0.2, 0.25) is 0 Å². The Hall–Kier alpha value is -2.36. The Kier molecular flexibility index (Phi) is 3.97. The highest BCUT2D eigenvalue weighted by Crippen LogP contribution is 2.29. The molecule has 3 nitrogen and oxygen atoms in total. The minimum Gasteiger partial charge on any atom is -0.357 e. The van der Waals surface area contributed by atoms with E-state index in [9.17, 15) is 0 Å². The van der Waals surface area contributed by atoms with Crippen molar-refractivity contribution in [2.75, 3.05) is 13.2 Å². The van der Waals surface area contributed by atoms with Crippen LogP contribution in [0.25, 0.3) is 5.69 Å². The standard InChI is InChI=1S/C20H20N2O/c1-3-7-17(8-4-1)15-22-13-14-23-20(22)18-11-12-21(16-18)19-9-5-2-6-10-19/h1-12,16,20H,13-15H2/t20-/m1/s1. The molecule has 1 aromatic heterocycles. The maximum atomic E-state index is 5.99. The predicted octanol–water partition coefficient (Wildman–Crippen LogP) is 4.01. The molecular weight excluding hydrogens is 284 g/mol. The Balaban J connectivity index is 1.54. The largest absolute Gasteiger partial charge is 0.357 e. The van der Waals surface area contributed by atoms with E-state index >= 15 is 0 Å². The molecule has 3 aromatic rings. The molecule has 1 aliphatic rings. The van der Waals surface area contributed by atoms with Crippen molar-refractivity contribution in [2.24, 2.45) is 0 Å². The lowest BCUT2D eigenvalue weighted by Crippen LogP contribution is -2.23. The lowest BCUT2D eigenvalue weighted by molar-refractivity contribution is 0.0288. The number of nitrogens with zero attached hydrogens (tertiary/aromatic N) is 2. The topological polar surface area (TPSA) is 17.4 Å². The summed E-state index contributed by atoms with van der Waals surface area (Å²) in [5, 5.41) is 0. The van der Waals surface area contributed by atoms with Crippen LogP contribution in [-0.4, -0.2) is 22.6 Å². The molecule has 23 heavy (non-hydrogen) atoms. The fraction of sp³-hybridized carbons (Fsp3) is 0.200. The average Bonchev–Trinajstić information content (AvgIpc) is 3.25. The Morgan fingerprint density at radius 1 is 0.913 bits per heavy atom. The second kappa shape index (κ2) is 6.41. The molecule has 1 atom stereocenters. The van der Waals surface area contributed by atoms with Crippen LogP contribution in [0.5, 0.6) is 0 Å². The molecule has 2 heterocycles. The molecule has 116 valence electrons. The number of hydrogen-bond donors (Lipinski definition) is 0. The number of para-hydroxylation sites is 1. The van der Waals surface area contributed by atoms with Crippen LogP contribution in [0.3, 0.4) is 0 Å². The zero-order valence-electron chi connectivity index (χ0n) is 13.0. The third-order valence-corrected chi connectivity index (χ3v) is 4.27. The molecule has 0 spiro atoms. The van der Waals surface area contributed by atoms with Gasteiger partial charge < -0.3 is 9.30 Å². The van der Waals surface area contributed by atoms with Crippen molar-refractivity contribution >= 4 is 0 Å². The maximum absolute atomic E-state index is 5.99. The number of ether oxygens (including phenoxy) is 1. The van der Waals surface area contributed by atoms with E-state index in [1.54, 1.807) is 0 Å². The van der Waals surface area contributed by atoms with Gasteiger partial charge in [-0.05, 0) is 23.8 Å². The second-order valence-corrected chi connectivity index (χ2v) is 5.87. The van der Waals surface area contributed by atoms with Gasteiger partial charge in [0.15, 0.2) is 0 Å². The summed E-state index contributed by atoms with van der Waals surface area (Å²) in [7, 11) is 0. The van der Waals surface area contributed by atoms with Crippen molar-refractivity contribution in [1.82, 2.24) is 9.47 Å². The third kappa shape index (κ3) is 3.07. The molecule has 1 aliphatic heterocycles. The molecule has 1 fully saturated rings. The monoisotopic (exact) mass is 304 g/mol. The van der Waals surface area contributed by atoms with Gasteiger partial charge in [-0.3, -0.25) is 4.90 Å². The van der Waals surface area contributed by atoms with Crippen molar-refractivity contribution in [3.8, 4) is 5.69 Å². The van der Waals surface area contributed by atoms with Gasteiger partial charge in [-0.25, -0.2) is 0 Å². The van der Waals surface area contributed by atoms with E-state index in [2.05, 4.69) is 82.5 Å². The predicted molar refractivity (Wildman–Crippen MR) is 91.3 cm³/mol. The highest BCUT2D eigenvalue weighted by molar-refractivity contribution is 5.34. The summed E-state index contributed by atoms with van der Waals surface area (Å²) in [6, 6.07) is 23.1. The third-order valence-electron chi connectivity index (χ3n) is 4.27. The first-order valence-corrected chi connectivity index (χ1v) is 8.03. The van der Waals surface area contributed by atoms with Gasteiger partial charge in [0.05, 0.1) is 6.61 Å². The average molecular weight is 304 g/mol. The number of benzene rings is 2. The fourth-order valence-corrected chi connectivity index (χ4v) is 3.11. The fourth-order valence-electron chi connectivity index (χ4n) is 3.11. The Morgan fingerprint density at radius 2 is 1.65 bits per heavy atom. The lowest BCUT2D eigenvalue weighted by Gasteiger charge is -2.22. The second-order valence-electron chi connectivity index (χ2n) is 5.87. The van der Waals surface area contributed by atoms with Crippen LogP contribution in [0.15, 0.2) is 79.1 Å². The zero-order chi connectivity index (χ0) is 15.5. The van der Waals surface area contributed by atoms with Crippen molar-refractivity contribution in [3.05, 3.63) is 90.3 Å². The van der Waals surface area contributed by atoms with E-state index in [1.165, 1.54) is 16.8 Å². The molecule has 2 aromatic carbocycles. The summed E-state index contributed by atoms with van der Waals surface area (Å²) >= 11 is 0. The van der Waals surface area contributed by atoms with Crippen molar-refractivity contribution < 1.29 is 4.74 Å². The Bertz CT molecular complexity index is 752. The van der Waals surface area contributed by atoms with Crippen LogP contribution in [0, 0.1) is 0 Å². The first-order valence-electron chi connectivity index (χ1n) is 8.03. The molecule has 0 unspecified atom stereocenters. The van der Waals surface area contributed by atoms with Crippen LogP contribution in [0.2, 0.25) is 0 Å². The number of rotatable bonds is 4. The van der Waals surface area contributed by atoms with E-state index in [0.717, 1.165) is 19.7 Å². The number of hydrogen-bond acceptors (Lipinski definition) is 2. The van der Waals surface area contributed by atoms with Gasteiger partial charge in [-0.15, -0.1) is 0 Å². The van der Waals surface area contributed by atoms with Gasteiger partial charge >= 0.3 is 0 Å². The summed E-state index contributed by atoms with van der Waals surface area (Å²) in [5.41, 5.74) is 3.71. The van der Waals surface area contributed by atoms with E-state index in [0.29, 0.717) is 0 Å². The van der Waals surface area contributed by atoms with E-state index < -0.39 is 0 Å². The SMILES string of the molecule is c1ccc(CN2CCO[C@@H]2c2ccn(-c3ccccc3)c2)cc1. The van der Waals surface area contributed by atoms with Crippen LogP contribution < -0.4 is 0 Å². The van der Waals surface area contributed by atoms with Gasteiger partial charge in [-0.2, -0.15) is 0 Å². The maximum Gasteiger partial charge on any atom is 0.138 e. The molecule has 1 saturated heterocycles. The van der Waals surface area contributed by atoms with Crippen LogP contribution in [-0.2, 0) is 11.3 Å². The highest BCUT2D eigenvalue weighted by atomic mass is 16.5. The highest BCUT2D eigenvalue weighted by Gasteiger charge is 2.27. The Morgan fingerprint density at radius 3 is 2.43 bits per heavy atom. The molecule has 0 amide bonds. The van der Waals surface area contributed by atoms with E-state index in [-0.39, 0.29) is 6.23 Å². The first-order chi connectivity index (χ1) is 11.4.